The normalized spacial score (nSPS) is 17.0. The van der Waals surface area contributed by atoms with Crippen molar-refractivity contribution in [2.75, 3.05) is 31.1 Å². The van der Waals surface area contributed by atoms with E-state index in [9.17, 15) is 27.2 Å². The van der Waals surface area contributed by atoms with Gasteiger partial charge in [0, 0.05) is 32.2 Å². The van der Waals surface area contributed by atoms with E-state index in [1.54, 1.807) is 9.47 Å². The van der Waals surface area contributed by atoms with E-state index in [-0.39, 0.29) is 48.3 Å². The summed E-state index contributed by atoms with van der Waals surface area (Å²) < 4.78 is 59.1. The summed E-state index contributed by atoms with van der Waals surface area (Å²) in [7, 11) is 0. The predicted molar refractivity (Wildman–Crippen MR) is 112 cm³/mol. The second kappa shape index (κ2) is 8.23. The van der Waals surface area contributed by atoms with Gasteiger partial charge in [0.15, 0.2) is 5.75 Å². The highest BCUT2D eigenvalue weighted by atomic mass is 32.1. The summed E-state index contributed by atoms with van der Waals surface area (Å²) >= 11 is 4.90. The molecule has 2 aromatic rings. The molecule has 2 fully saturated rings. The van der Waals surface area contributed by atoms with Gasteiger partial charge in [-0.25, -0.2) is 9.18 Å². The number of carboxylic acid groups (broad SMARTS) is 1. The zero-order valence-corrected chi connectivity index (χ0v) is 17.5. The van der Waals surface area contributed by atoms with Gasteiger partial charge in [0.1, 0.15) is 5.82 Å². The number of hydrogen-bond donors (Lipinski definition) is 1. The maximum Gasteiger partial charge on any atom is 0.511 e. The van der Waals surface area contributed by atoms with Crippen LogP contribution in [0.3, 0.4) is 0 Å². The average molecular weight is 473 g/mol. The van der Waals surface area contributed by atoms with Crippen LogP contribution in [0.15, 0.2) is 23.1 Å². The molecule has 1 saturated heterocycles. The number of ether oxygens (including phenoxy) is 1. The number of piperazine rings is 1. The molecule has 1 aromatic carbocycles. The van der Waals surface area contributed by atoms with Crippen molar-refractivity contribution in [1.29, 1.82) is 0 Å². The van der Waals surface area contributed by atoms with Crippen LogP contribution >= 0.6 is 12.2 Å². The third kappa shape index (κ3) is 4.64. The molecule has 0 unspecified atom stereocenters. The van der Waals surface area contributed by atoms with Gasteiger partial charge in [-0.2, -0.15) is 13.2 Å². The second-order valence-corrected chi connectivity index (χ2v) is 8.28. The standard InChI is InChI=1S/C20H19F4N3O4S/c21-13-7-12-14(27(11-1-2-11)10-16(18(12)28)31-19(29)30)8-15(13)25-3-5-26(6-4-25)17(32)9-20(22,23)24/h7-8,10-11H,1-6,9H2,(H,29,30). The lowest BCUT2D eigenvalue weighted by Gasteiger charge is -2.37. The lowest BCUT2D eigenvalue weighted by Crippen LogP contribution is -2.49. The molecule has 172 valence electrons. The first-order valence-electron chi connectivity index (χ1n) is 9.92. The Morgan fingerprint density at radius 2 is 1.84 bits per heavy atom. The van der Waals surface area contributed by atoms with Gasteiger partial charge in [0.05, 0.1) is 34.2 Å². The highest BCUT2D eigenvalue weighted by Gasteiger charge is 2.33. The first kappa shape index (κ1) is 22.3. The fraction of sp³-hybridized carbons (Fsp3) is 0.450. The molecule has 0 spiro atoms. The Labute approximate surface area is 184 Å². The van der Waals surface area contributed by atoms with Crippen LogP contribution in [-0.4, -0.2) is 58.1 Å². The number of nitrogens with zero attached hydrogens (tertiary/aromatic N) is 3. The highest BCUT2D eigenvalue weighted by molar-refractivity contribution is 7.80. The lowest BCUT2D eigenvalue weighted by molar-refractivity contribution is -0.122. The lowest BCUT2D eigenvalue weighted by atomic mass is 10.1. The summed E-state index contributed by atoms with van der Waals surface area (Å²) in [6, 6.07) is 2.63. The minimum Gasteiger partial charge on any atom is -0.449 e. The van der Waals surface area contributed by atoms with Crippen molar-refractivity contribution in [2.24, 2.45) is 0 Å². The van der Waals surface area contributed by atoms with Crippen LogP contribution in [0.2, 0.25) is 0 Å². The Morgan fingerprint density at radius 3 is 2.41 bits per heavy atom. The molecule has 1 aromatic heterocycles. The van der Waals surface area contributed by atoms with E-state index in [0.29, 0.717) is 5.52 Å². The number of benzene rings is 1. The third-order valence-corrected chi connectivity index (χ3v) is 5.93. The topological polar surface area (TPSA) is 75.0 Å². The summed E-state index contributed by atoms with van der Waals surface area (Å²) in [4.78, 5) is 26.5. The van der Waals surface area contributed by atoms with Gasteiger partial charge in [0.25, 0.3) is 0 Å². The molecular formula is C20H19F4N3O4S. The van der Waals surface area contributed by atoms with E-state index in [2.05, 4.69) is 4.74 Å². The largest absolute Gasteiger partial charge is 0.511 e. The van der Waals surface area contributed by atoms with Crippen molar-refractivity contribution < 1.29 is 32.2 Å². The highest BCUT2D eigenvalue weighted by Crippen LogP contribution is 2.39. The summed E-state index contributed by atoms with van der Waals surface area (Å²) in [6.07, 6.45) is -4.21. The van der Waals surface area contributed by atoms with Gasteiger partial charge in [0.2, 0.25) is 5.43 Å². The van der Waals surface area contributed by atoms with E-state index in [1.807, 2.05) is 0 Å². The molecule has 2 heterocycles. The van der Waals surface area contributed by atoms with Crippen LogP contribution in [0, 0.1) is 5.82 Å². The number of fused-ring (bicyclic) bond motifs is 1. The molecule has 1 aliphatic carbocycles. The Bertz CT molecular complexity index is 1140. The van der Waals surface area contributed by atoms with Crippen LogP contribution in [0.4, 0.5) is 28.0 Å². The molecule has 1 aliphatic heterocycles. The zero-order valence-electron chi connectivity index (χ0n) is 16.7. The molecule has 2 aliphatic rings. The Balaban J connectivity index is 1.63. The van der Waals surface area contributed by atoms with Gasteiger partial charge in [-0.3, -0.25) is 4.79 Å². The molecule has 1 saturated carbocycles. The molecule has 0 bridgehead atoms. The number of halogens is 4. The smallest absolute Gasteiger partial charge is 0.449 e. The van der Waals surface area contributed by atoms with Crippen molar-refractivity contribution in [3.05, 3.63) is 34.4 Å². The molecule has 1 N–H and O–H groups in total. The Morgan fingerprint density at radius 1 is 1.19 bits per heavy atom. The van der Waals surface area contributed by atoms with E-state index in [1.165, 1.54) is 17.2 Å². The summed E-state index contributed by atoms with van der Waals surface area (Å²) in [6.45, 7) is 0.947. The van der Waals surface area contributed by atoms with Crippen molar-refractivity contribution >= 4 is 40.0 Å². The Hall–Kier alpha value is -2.89. The Kier molecular flexibility index (Phi) is 5.74. The van der Waals surface area contributed by atoms with E-state index in [4.69, 9.17) is 17.3 Å². The summed E-state index contributed by atoms with van der Waals surface area (Å²) in [5.41, 5.74) is -0.0617. The van der Waals surface area contributed by atoms with Crippen LogP contribution in [-0.2, 0) is 0 Å². The fourth-order valence-electron chi connectivity index (χ4n) is 3.88. The van der Waals surface area contributed by atoms with Crippen LogP contribution in [0.25, 0.3) is 10.9 Å². The van der Waals surface area contributed by atoms with Crippen LogP contribution in [0.5, 0.6) is 5.75 Å². The second-order valence-electron chi connectivity index (χ2n) is 7.81. The number of carbonyl (C=O) groups is 1. The molecule has 12 heteroatoms. The number of aromatic nitrogens is 1. The third-order valence-electron chi connectivity index (χ3n) is 5.53. The molecule has 0 atom stereocenters. The molecule has 0 amide bonds. The minimum absolute atomic E-state index is 0.00175. The first-order chi connectivity index (χ1) is 15.0. The van der Waals surface area contributed by atoms with E-state index in [0.717, 1.165) is 18.9 Å². The summed E-state index contributed by atoms with van der Waals surface area (Å²) in [5, 5.41) is 8.88. The molecule has 32 heavy (non-hydrogen) atoms. The summed E-state index contributed by atoms with van der Waals surface area (Å²) in [5.74, 6) is -1.08. The molecule has 0 radical (unpaired) electrons. The van der Waals surface area contributed by atoms with Gasteiger partial charge in [-0.1, -0.05) is 12.2 Å². The van der Waals surface area contributed by atoms with Gasteiger partial charge in [-0.15, -0.1) is 0 Å². The maximum absolute atomic E-state index is 15.0. The maximum atomic E-state index is 15.0. The van der Waals surface area contributed by atoms with Crippen LogP contribution < -0.4 is 15.1 Å². The van der Waals surface area contributed by atoms with Gasteiger partial charge >= 0.3 is 12.3 Å². The van der Waals surface area contributed by atoms with Crippen molar-refractivity contribution in [1.82, 2.24) is 9.47 Å². The molecule has 4 rings (SSSR count). The molecule has 7 nitrogen and oxygen atoms in total. The average Bonchev–Trinajstić information content (AvgIpc) is 3.54. The van der Waals surface area contributed by atoms with Crippen molar-refractivity contribution in [2.45, 2.75) is 31.5 Å². The fourth-order valence-corrected chi connectivity index (χ4v) is 4.22. The number of thiocarbonyl (C=S) groups is 1. The number of pyridine rings is 1. The number of rotatable bonds is 4. The van der Waals surface area contributed by atoms with Crippen molar-refractivity contribution in [3.63, 3.8) is 0 Å². The van der Waals surface area contributed by atoms with E-state index >= 15 is 0 Å². The monoisotopic (exact) mass is 473 g/mol. The van der Waals surface area contributed by atoms with Gasteiger partial charge in [-0.05, 0) is 25.0 Å². The van der Waals surface area contributed by atoms with E-state index < -0.39 is 35.7 Å². The number of hydrogen-bond acceptors (Lipinski definition) is 5. The van der Waals surface area contributed by atoms with Crippen molar-refractivity contribution in [3.8, 4) is 5.75 Å². The number of alkyl halides is 3. The molecular weight excluding hydrogens is 454 g/mol. The van der Waals surface area contributed by atoms with Crippen LogP contribution in [0.1, 0.15) is 25.3 Å². The minimum atomic E-state index is -4.38. The van der Waals surface area contributed by atoms with Gasteiger partial charge < -0.3 is 24.2 Å². The quantitative estimate of drug-likeness (QED) is 0.410. The first-order valence-corrected chi connectivity index (χ1v) is 10.3. The zero-order chi connectivity index (χ0) is 23.2. The SMILES string of the molecule is O=C(O)Oc1cn(C2CC2)c2cc(N3CCN(C(=S)CC(F)(F)F)CC3)c(F)cc2c1=O. The predicted octanol–water partition coefficient (Wildman–Crippen LogP) is 3.93. The number of anilines is 1.